The van der Waals surface area contributed by atoms with Crippen LogP contribution in [0.2, 0.25) is 5.02 Å². The van der Waals surface area contributed by atoms with Crippen LogP contribution in [0.1, 0.15) is 32.3 Å². The van der Waals surface area contributed by atoms with E-state index >= 15 is 0 Å². The van der Waals surface area contributed by atoms with E-state index in [1.54, 1.807) is 13.0 Å². The van der Waals surface area contributed by atoms with E-state index < -0.39 is 10.0 Å². The van der Waals surface area contributed by atoms with Gasteiger partial charge in [-0.3, -0.25) is 0 Å². The highest BCUT2D eigenvalue weighted by atomic mass is 35.5. The average molecular weight is 305 g/mol. The van der Waals surface area contributed by atoms with E-state index in [1.807, 2.05) is 0 Å². The summed E-state index contributed by atoms with van der Waals surface area (Å²) in [5, 5.41) is 0.197. The summed E-state index contributed by atoms with van der Waals surface area (Å²) in [6, 6.07) is 2.97. The highest BCUT2D eigenvalue weighted by Crippen LogP contribution is 2.26. The minimum Gasteiger partial charge on any atom is -0.398 e. The number of sulfonamides is 1. The number of hydrogen-bond acceptors (Lipinski definition) is 3. The normalized spacial score (nSPS) is 12.1. The first kappa shape index (κ1) is 16.3. The lowest BCUT2D eigenvalue weighted by atomic mass is 10.1. The fourth-order valence-electron chi connectivity index (χ4n) is 1.67. The standard InChI is InChI=1S/C13H21ClN2O2S/c1-9(2)5-4-6-16-19(17,18)13-8-12(15)10(3)7-11(13)14/h7-9,16H,4-6,15H2,1-3H3. The summed E-state index contributed by atoms with van der Waals surface area (Å²) < 4.78 is 26.8. The van der Waals surface area contributed by atoms with E-state index in [4.69, 9.17) is 17.3 Å². The second-order valence-corrected chi connectivity index (χ2v) is 7.22. The van der Waals surface area contributed by atoms with Crippen LogP contribution >= 0.6 is 11.6 Å². The summed E-state index contributed by atoms with van der Waals surface area (Å²) in [5.74, 6) is 0.558. The first-order valence-electron chi connectivity index (χ1n) is 6.29. The van der Waals surface area contributed by atoms with E-state index in [2.05, 4.69) is 18.6 Å². The third kappa shape index (κ3) is 4.67. The highest BCUT2D eigenvalue weighted by molar-refractivity contribution is 7.89. The lowest BCUT2D eigenvalue weighted by Crippen LogP contribution is -2.25. The van der Waals surface area contributed by atoms with Gasteiger partial charge in [-0.1, -0.05) is 25.4 Å². The average Bonchev–Trinajstić information content (AvgIpc) is 2.29. The zero-order valence-corrected chi connectivity index (χ0v) is 13.1. The molecule has 0 fully saturated rings. The molecule has 0 aliphatic heterocycles. The van der Waals surface area contributed by atoms with E-state index in [-0.39, 0.29) is 9.92 Å². The third-order valence-corrected chi connectivity index (χ3v) is 4.79. The zero-order chi connectivity index (χ0) is 14.6. The molecule has 0 bridgehead atoms. The molecule has 0 saturated carbocycles. The molecule has 1 aromatic rings. The predicted octanol–water partition coefficient (Wildman–Crippen LogP) is 2.95. The lowest BCUT2D eigenvalue weighted by Gasteiger charge is -2.11. The molecule has 0 unspecified atom stereocenters. The van der Waals surface area contributed by atoms with Gasteiger partial charge in [0, 0.05) is 12.2 Å². The van der Waals surface area contributed by atoms with Crippen molar-refractivity contribution in [2.24, 2.45) is 5.92 Å². The highest BCUT2D eigenvalue weighted by Gasteiger charge is 2.18. The molecule has 1 aromatic carbocycles. The maximum Gasteiger partial charge on any atom is 0.242 e. The molecule has 4 nitrogen and oxygen atoms in total. The van der Waals surface area contributed by atoms with Gasteiger partial charge in [0.05, 0.1) is 5.02 Å². The molecule has 0 radical (unpaired) electrons. The largest absolute Gasteiger partial charge is 0.398 e. The fourth-order valence-corrected chi connectivity index (χ4v) is 3.36. The molecule has 0 atom stereocenters. The van der Waals surface area contributed by atoms with Crippen molar-refractivity contribution < 1.29 is 8.42 Å². The van der Waals surface area contributed by atoms with Crippen molar-refractivity contribution in [2.45, 2.75) is 38.5 Å². The molecular weight excluding hydrogens is 284 g/mol. The van der Waals surface area contributed by atoms with Gasteiger partial charge in [-0.25, -0.2) is 13.1 Å². The third-order valence-electron chi connectivity index (χ3n) is 2.86. The Labute approximate surface area is 120 Å². The van der Waals surface area contributed by atoms with Crippen molar-refractivity contribution in [1.82, 2.24) is 4.72 Å². The first-order chi connectivity index (χ1) is 8.74. The monoisotopic (exact) mass is 304 g/mol. The van der Waals surface area contributed by atoms with Crippen LogP contribution in [0.15, 0.2) is 17.0 Å². The molecule has 108 valence electrons. The molecular formula is C13H21ClN2O2S. The van der Waals surface area contributed by atoms with E-state index in [9.17, 15) is 8.42 Å². The van der Waals surface area contributed by atoms with Gasteiger partial charge < -0.3 is 5.73 Å². The number of halogens is 1. The van der Waals surface area contributed by atoms with Gasteiger partial charge in [0.15, 0.2) is 0 Å². The summed E-state index contributed by atoms with van der Waals surface area (Å²) in [5.41, 5.74) is 6.92. The fraction of sp³-hybridized carbons (Fsp3) is 0.538. The predicted molar refractivity (Wildman–Crippen MR) is 79.9 cm³/mol. The molecule has 3 N–H and O–H groups in total. The van der Waals surface area contributed by atoms with Crippen molar-refractivity contribution in [3.05, 3.63) is 22.7 Å². The Balaban J connectivity index is 2.80. The van der Waals surface area contributed by atoms with Gasteiger partial charge in [-0.05, 0) is 43.4 Å². The van der Waals surface area contributed by atoms with E-state index in [0.29, 0.717) is 18.2 Å². The molecule has 0 spiro atoms. The van der Waals surface area contributed by atoms with Crippen LogP contribution in [0.25, 0.3) is 0 Å². The molecule has 0 aliphatic carbocycles. The summed E-state index contributed by atoms with van der Waals surface area (Å²) >= 11 is 5.97. The maximum absolute atomic E-state index is 12.1. The molecule has 0 heterocycles. The number of nitrogen functional groups attached to an aromatic ring is 1. The number of nitrogens with two attached hydrogens (primary N) is 1. The van der Waals surface area contributed by atoms with Gasteiger partial charge in [0.25, 0.3) is 0 Å². The van der Waals surface area contributed by atoms with Crippen LogP contribution in [0.3, 0.4) is 0 Å². The lowest BCUT2D eigenvalue weighted by molar-refractivity contribution is 0.540. The second-order valence-electron chi connectivity index (χ2n) is 5.07. The van der Waals surface area contributed by atoms with Crippen molar-refractivity contribution >= 4 is 27.3 Å². The van der Waals surface area contributed by atoms with Crippen molar-refractivity contribution in [3.8, 4) is 0 Å². The zero-order valence-electron chi connectivity index (χ0n) is 11.5. The molecule has 0 aromatic heterocycles. The van der Waals surface area contributed by atoms with Crippen LogP contribution in [-0.2, 0) is 10.0 Å². The Kier molecular flexibility index (Phi) is 5.64. The molecule has 19 heavy (non-hydrogen) atoms. The number of nitrogens with one attached hydrogen (secondary N) is 1. The summed E-state index contributed by atoms with van der Waals surface area (Å²) in [6.45, 7) is 6.40. The molecule has 1 rings (SSSR count). The van der Waals surface area contributed by atoms with Gasteiger partial charge >= 0.3 is 0 Å². The first-order valence-corrected chi connectivity index (χ1v) is 8.15. The minimum atomic E-state index is -3.59. The summed E-state index contributed by atoms with van der Waals surface area (Å²) in [6.07, 6.45) is 1.78. The summed E-state index contributed by atoms with van der Waals surface area (Å²) in [7, 11) is -3.59. The number of rotatable bonds is 6. The minimum absolute atomic E-state index is 0.0433. The van der Waals surface area contributed by atoms with Gasteiger partial charge in [0.1, 0.15) is 4.90 Å². The quantitative estimate of drug-likeness (QED) is 0.627. The van der Waals surface area contributed by atoms with Crippen molar-refractivity contribution in [2.75, 3.05) is 12.3 Å². The Morgan fingerprint density at radius 3 is 2.58 bits per heavy atom. The Morgan fingerprint density at radius 1 is 1.37 bits per heavy atom. The molecule has 0 saturated heterocycles. The smallest absolute Gasteiger partial charge is 0.242 e. The van der Waals surface area contributed by atoms with Crippen molar-refractivity contribution in [3.63, 3.8) is 0 Å². The van der Waals surface area contributed by atoms with Crippen LogP contribution in [0.5, 0.6) is 0 Å². The van der Waals surface area contributed by atoms with E-state index in [0.717, 1.165) is 18.4 Å². The topological polar surface area (TPSA) is 72.2 Å². The number of benzene rings is 1. The Hall–Kier alpha value is -0.780. The maximum atomic E-state index is 12.1. The number of aryl methyl sites for hydroxylation is 1. The molecule has 0 amide bonds. The van der Waals surface area contributed by atoms with E-state index in [1.165, 1.54) is 6.07 Å². The van der Waals surface area contributed by atoms with Crippen molar-refractivity contribution in [1.29, 1.82) is 0 Å². The van der Waals surface area contributed by atoms with Crippen LogP contribution < -0.4 is 10.5 Å². The van der Waals surface area contributed by atoms with Gasteiger partial charge in [-0.2, -0.15) is 0 Å². The molecule has 0 aliphatic rings. The second kappa shape index (κ2) is 6.59. The Morgan fingerprint density at radius 2 is 2.00 bits per heavy atom. The Bertz CT molecular complexity index is 542. The van der Waals surface area contributed by atoms with Gasteiger partial charge in [0.2, 0.25) is 10.0 Å². The van der Waals surface area contributed by atoms with Crippen LogP contribution in [-0.4, -0.2) is 15.0 Å². The van der Waals surface area contributed by atoms with Crippen LogP contribution in [0, 0.1) is 12.8 Å². The van der Waals surface area contributed by atoms with Gasteiger partial charge in [-0.15, -0.1) is 0 Å². The SMILES string of the molecule is Cc1cc(Cl)c(S(=O)(=O)NCCCC(C)C)cc1N. The van der Waals surface area contributed by atoms with Crippen LogP contribution in [0.4, 0.5) is 5.69 Å². The summed E-state index contributed by atoms with van der Waals surface area (Å²) in [4.78, 5) is 0.0433. The number of anilines is 1. The molecule has 6 heteroatoms. The number of hydrogen-bond donors (Lipinski definition) is 2.